The molecule has 1 aromatic heterocycles. The van der Waals surface area contributed by atoms with E-state index in [1.54, 1.807) is 0 Å². The lowest BCUT2D eigenvalue weighted by molar-refractivity contribution is 0.439. The summed E-state index contributed by atoms with van der Waals surface area (Å²) in [5.41, 5.74) is 3.77. The quantitative estimate of drug-likeness (QED) is 0.835. The Morgan fingerprint density at radius 3 is 2.83 bits per heavy atom. The summed E-state index contributed by atoms with van der Waals surface area (Å²) >= 11 is 0. The normalized spacial score (nSPS) is 21.4. The highest BCUT2D eigenvalue weighted by Gasteiger charge is 2.17. The van der Waals surface area contributed by atoms with Crippen LogP contribution in [-0.2, 0) is 13.6 Å². The summed E-state index contributed by atoms with van der Waals surface area (Å²) in [6.07, 6.45) is 3.88. The smallest absolute Gasteiger partial charge is 0.0641 e. The van der Waals surface area contributed by atoms with Crippen LogP contribution < -0.4 is 10.6 Å². The topological polar surface area (TPSA) is 41.9 Å². The van der Waals surface area contributed by atoms with E-state index in [2.05, 4.69) is 36.5 Å². The summed E-state index contributed by atoms with van der Waals surface area (Å²) in [5, 5.41) is 11.6. The van der Waals surface area contributed by atoms with Gasteiger partial charge in [-0.15, -0.1) is 0 Å². The summed E-state index contributed by atoms with van der Waals surface area (Å²) in [4.78, 5) is 0. The Kier molecular flexibility index (Phi) is 4.40. The van der Waals surface area contributed by atoms with E-state index in [4.69, 9.17) is 0 Å². The fraction of sp³-hybridized carbons (Fsp3) is 0.786. The number of hydrogen-bond donors (Lipinski definition) is 2. The number of aromatic nitrogens is 2. The predicted molar refractivity (Wildman–Crippen MR) is 74.6 cm³/mol. The van der Waals surface area contributed by atoms with Crippen molar-refractivity contribution in [1.82, 2.24) is 20.4 Å². The maximum absolute atomic E-state index is 4.46. The van der Waals surface area contributed by atoms with E-state index in [1.165, 1.54) is 37.1 Å². The Hall–Kier alpha value is -0.870. The van der Waals surface area contributed by atoms with Crippen LogP contribution in [0.15, 0.2) is 0 Å². The number of nitrogens with zero attached hydrogens (tertiary/aromatic N) is 2. The van der Waals surface area contributed by atoms with Gasteiger partial charge < -0.3 is 10.6 Å². The van der Waals surface area contributed by atoms with Crippen LogP contribution in [-0.4, -0.2) is 28.4 Å². The molecule has 18 heavy (non-hydrogen) atoms. The van der Waals surface area contributed by atoms with Gasteiger partial charge in [0.2, 0.25) is 0 Å². The Bertz CT molecular complexity index is 391. The van der Waals surface area contributed by atoms with Gasteiger partial charge in [0.15, 0.2) is 0 Å². The van der Waals surface area contributed by atoms with Gasteiger partial charge in [0, 0.05) is 36.9 Å². The average Bonchev–Trinajstić information content (AvgIpc) is 2.88. The van der Waals surface area contributed by atoms with E-state index in [9.17, 15) is 0 Å². The highest BCUT2D eigenvalue weighted by molar-refractivity contribution is 5.24. The van der Waals surface area contributed by atoms with Crippen molar-refractivity contribution in [1.29, 1.82) is 0 Å². The van der Waals surface area contributed by atoms with E-state index < -0.39 is 0 Å². The lowest BCUT2D eigenvalue weighted by atomic mass is 10.1. The highest BCUT2D eigenvalue weighted by atomic mass is 15.3. The minimum Gasteiger partial charge on any atom is -0.314 e. The lowest BCUT2D eigenvalue weighted by Gasteiger charge is -2.18. The fourth-order valence-corrected chi connectivity index (χ4v) is 2.82. The molecule has 0 aliphatic carbocycles. The molecule has 2 atom stereocenters. The minimum atomic E-state index is 0.555. The molecule has 2 unspecified atom stereocenters. The molecule has 1 aliphatic heterocycles. The Balaban J connectivity index is 1.83. The molecule has 4 nitrogen and oxygen atoms in total. The zero-order chi connectivity index (χ0) is 13.1. The molecule has 1 aromatic rings. The molecule has 2 heterocycles. The fourth-order valence-electron chi connectivity index (χ4n) is 2.82. The molecular formula is C14H26N4. The van der Waals surface area contributed by atoms with Gasteiger partial charge in [-0.05, 0) is 46.6 Å². The Morgan fingerprint density at radius 1 is 1.50 bits per heavy atom. The van der Waals surface area contributed by atoms with Gasteiger partial charge in [0.05, 0.1) is 5.69 Å². The molecule has 2 N–H and O–H groups in total. The van der Waals surface area contributed by atoms with Crippen molar-refractivity contribution >= 4 is 0 Å². The first-order valence-electron chi connectivity index (χ1n) is 7.03. The first-order chi connectivity index (χ1) is 8.58. The van der Waals surface area contributed by atoms with E-state index in [0.717, 1.165) is 12.2 Å². The van der Waals surface area contributed by atoms with E-state index >= 15 is 0 Å². The third-order valence-electron chi connectivity index (χ3n) is 4.09. The van der Waals surface area contributed by atoms with Gasteiger partial charge in [0.25, 0.3) is 0 Å². The summed E-state index contributed by atoms with van der Waals surface area (Å²) in [6.45, 7) is 8.63. The van der Waals surface area contributed by atoms with Gasteiger partial charge in [0.1, 0.15) is 0 Å². The number of rotatable bonds is 5. The minimum absolute atomic E-state index is 0.555. The highest BCUT2D eigenvalue weighted by Crippen LogP contribution is 2.14. The van der Waals surface area contributed by atoms with Gasteiger partial charge in [-0.3, -0.25) is 4.68 Å². The summed E-state index contributed by atoms with van der Waals surface area (Å²) in [7, 11) is 2.01. The van der Waals surface area contributed by atoms with Crippen molar-refractivity contribution in [2.24, 2.45) is 7.05 Å². The molecule has 1 fully saturated rings. The second-order valence-corrected chi connectivity index (χ2v) is 5.58. The molecule has 0 saturated carbocycles. The van der Waals surface area contributed by atoms with Gasteiger partial charge in [-0.2, -0.15) is 5.10 Å². The van der Waals surface area contributed by atoms with Gasteiger partial charge in [-0.25, -0.2) is 0 Å². The Morgan fingerprint density at radius 2 is 2.28 bits per heavy atom. The standard InChI is InChI=1S/C14H26N4/c1-10(8-13-6-5-7-15-13)16-9-14-11(2)17-18(4)12(14)3/h10,13,15-16H,5-9H2,1-4H3. The number of aryl methyl sites for hydroxylation is 2. The van der Waals surface area contributed by atoms with Crippen molar-refractivity contribution in [3.05, 3.63) is 17.0 Å². The van der Waals surface area contributed by atoms with E-state index in [0.29, 0.717) is 12.1 Å². The van der Waals surface area contributed by atoms with Crippen LogP contribution in [0, 0.1) is 13.8 Å². The first kappa shape index (κ1) is 13.6. The number of nitrogens with one attached hydrogen (secondary N) is 2. The van der Waals surface area contributed by atoms with Crippen LogP contribution in [0.25, 0.3) is 0 Å². The SMILES string of the molecule is Cc1nn(C)c(C)c1CNC(C)CC1CCCN1. The third kappa shape index (κ3) is 3.12. The van der Waals surface area contributed by atoms with Gasteiger partial charge in [-0.1, -0.05) is 0 Å². The molecule has 0 aromatic carbocycles. The second-order valence-electron chi connectivity index (χ2n) is 5.58. The molecular weight excluding hydrogens is 224 g/mol. The first-order valence-corrected chi connectivity index (χ1v) is 7.03. The van der Waals surface area contributed by atoms with E-state index in [-0.39, 0.29) is 0 Å². The molecule has 0 spiro atoms. The van der Waals surface area contributed by atoms with Gasteiger partial charge >= 0.3 is 0 Å². The van der Waals surface area contributed by atoms with Crippen LogP contribution in [0.3, 0.4) is 0 Å². The summed E-state index contributed by atoms with van der Waals surface area (Å²) in [5.74, 6) is 0. The van der Waals surface area contributed by atoms with Crippen molar-refractivity contribution in [2.45, 2.75) is 58.7 Å². The zero-order valence-electron chi connectivity index (χ0n) is 12.1. The maximum Gasteiger partial charge on any atom is 0.0641 e. The maximum atomic E-state index is 4.46. The van der Waals surface area contributed by atoms with Crippen LogP contribution >= 0.6 is 0 Å². The Labute approximate surface area is 110 Å². The van der Waals surface area contributed by atoms with Crippen LogP contribution in [0.4, 0.5) is 0 Å². The molecule has 1 aliphatic rings. The largest absolute Gasteiger partial charge is 0.314 e. The molecule has 2 rings (SSSR count). The van der Waals surface area contributed by atoms with Crippen molar-refractivity contribution in [3.63, 3.8) is 0 Å². The monoisotopic (exact) mass is 250 g/mol. The van der Waals surface area contributed by atoms with E-state index in [1.807, 2.05) is 11.7 Å². The van der Waals surface area contributed by atoms with Crippen LogP contribution in [0.1, 0.15) is 43.1 Å². The van der Waals surface area contributed by atoms with Crippen molar-refractivity contribution in [3.8, 4) is 0 Å². The summed E-state index contributed by atoms with van der Waals surface area (Å²) < 4.78 is 1.97. The molecule has 0 amide bonds. The zero-order valence-corrected chi connectivity index (χ0v) is 12.1. The predicted octanol–water partition coefficient (Wildman–Crippen LogP) is 1.66. The van der Waals surface area contributed by atoms with Crippen molar-refractivity contribution in [2.75, 3.05) is 6.54 Å². The molecule has 102 valence electrons. The molecule has 0 bridgehead atoms. The lowest BCUT2D eigenvalue weighted by Crippen LogP contribution is -2.33. The molecule has 1 saturated heterocycles. The van der Waals surface area contributed by atoms with Crippen LogP contribution in [0.5, 0.6) is 0 Å². The summed E-state index contributed by atoms with van der Waals surface area (Å²) in [6, 6.07) is 1.27. The second kappa shape index (κ2) is 5.85. The van der Waals surface area contributed by atoms with Crippen LogP contribution in [0.2, 0.25) is 0 Å². The average molecular weight is 250 g/mol. The molecule has 4 heteroatoms. The third-order valence-corrected chi connectivity index (χ3v) is 4.09. The molecule has 0 radical (unpaired) electrons. The van der Waals surface area contributed by atoms with Crippen molar-refractivity contribution < 1.29 is 0 Å². The number of hydrogen-bond acceptors (Lipinski definition) is 3.